The highest BCUT2D eigenvalue weighted by Gasteiger charge is 2.53. The molecule has 6 N–H and O–H groups in total. The van der Waals surface area contributed by atoms with Crippen molar-refractivity contribution in [1.29, 1.82) is 0 Å². The summed E-state index contributed by atoms with van der Waals surface area (Å²) in [7, 11) is 2.47. The van der Waals surface area contributed by atoms with Crippen molar-refractivity contribution in [2.45, 2.75) is 128 Å². The molecule has 6 rings (SSSR count). The predicted molar refractivity (Wildman–Crippen MR) is 247 cm³/mol. The Morgan fingerprint density at radius 1 is 0.615 bits per heavy atom. The number of ether oxygens (including phenoxy) is 2. The van der Waals surface area contributed by atoms with Gasteiger partial charge in [0.1, 0.15) is 23.2 Å². The fourth-order valence-corrected chi connectivity index (χ4v) is 10.3. The van der Waals surface area contributed by atoms with Crippen molar-refractivity contribution in [1.82, 2.24) is 20.4 Å². The molecule has 350 valence electrons. The van der Waals surface area contributed by atoms with Crippen LogP contribution in [0.4, 0.5) is 15.3 Å². The SMILES string of the molecule is COC(=O)N[C@H](C(=O)N1CCC[C@@]1(C(N)=O)c1ccc([C@@H]2CC[C@@H](c3ccc([C@]4(C(N)=O)CCCN4C(=O)[C@@H](NC(=O)OC)C(C)C)cc3)N2c2ccc(C(C)(C)C)cc2)cc1)C(C)C. The number of anilines is 1. The molecule has 3 aromatic carbocycles. The van der Waals surface area contributed by atoms with Crippen LogP contribution < -0.4 is 27.0 Å². The molecule has 3 aliphatic heterocycles. The minimum Gasteiger partial charge on any atom is -0.453 e. The molecule has 15 heteroatoms. The van der Waals surface area contributed by atoms with Gasteiger partial charge in [0.05, 0.1) is 26.3 Å². The number of primary amides is 2. The zero-order valence-corrected chi connectivity index (χ0v) is 39.3. The van der Waals surface area contributed by atoms with E-state index in [9.17, 15) is 28.8 Å². The average Bonchev–Trinajstić information content (AvgIpc) is 4.05. The van der Waals surface area contributed by atoms with Crippen LogP contribution in [0.5, 0.6) is 0 Å². The summed E-state index contributed by atoms with van der Waals surface area (Å²) in [5.74, 6) is -2.63. The van der Waals surface area contributed by atoms with Crippen molar-refractivity contribution in [3.63, 3.8) is 0 Å². The van der Waals surface area contributed by atoms with Gasteiger partial charge in [-0.25, -0.2) is 9.59 Å². The third-order valence-electron chi connectivity index (χ3n) is 13.9. The van der Waals surface area contributed by atoms with Gasteiger partial charge in [-0.15, -0.1) is 0 Å². The summed E-state index contributed by atoms with van der Waals surface area (Å²) in [6.45, 7) is 14.4. The normalized spacial score (nSPS) is 23.0. The van der Waals surface area contributed by atoms with Gasteiger partial charge in [-0.3, -0.25) is 19.2 Å². The average molecular weight is 894 g/mol. The highest BCUT2D eigenvalue weighted by Crippen LogP contribution is 2.49. The number of nitrogens with zero attached hydrogens (tertiary/aromatic N) is 3. The molecule has 3 aliphatic rings. The van der Waals surface area contributed by atoms with E-state index in [4.69, 9.17) is 20.9 Å². The molecule has 0 saturated carbocycles. The highest BCUT2D eigenvalue weighted by atomic mass is 16.5. The zero-order valence-electron chi connectivity index (χ0n) is 39.3. The van der Waals surface area contributed by atoms with Crippen LogP contribution in [0.15, 0.2) is 72.8 Å². The molecule has 0 aliphatic carbocycles. The van der Waals surface area contributed by atoms with E-state index >= 15 is 0 Å². The molecular formula is C50H67N7O8. The molecule has 3 saturated heterocycles. The topological polar surface area (TPSA) is 207 Å². The molecule has 65 heavy (non-hydrogen) atoms. The van der Waals surface area contributed by atoms with E-state index in [-0.39, 0.29) is 29.3 Å². The first-order chi connectivity index (χ1) is 30.7. The van der Waals surface area contributed by atoms with Crippen LogP contribution in [0.3, 0.4) is 0 Å². The molecule has 3 fully saturated rings. The van der Waals surface area contributed by atoms with Gasteiger partial charge in [-0.05, 0) is 95.7 Å². The van der Waals surface area contributed by atoms with Crippen LogP contribution in [0.25, 0.3) is 0 Å². The number of methoxy groups -OCH3 is 2. The number of alkyl carbamates (subject to hydrolysis) is 2. The lowest BCUT2D eigenvalue weighted by Gasteiger charge is -2.39. The lowest BCUT2D eigenvalue weighted by atomic mass is 9.84. The first kappa shape index (κ1) is 48.3. The molecule has 3 heterocycles. The van der Waals surface area contributed by atoms with Gasteiger partial charge < -0.3 is 46.3 Å². The molecule has 6 amide bonds. The van der Waals surface area contributed by atoms with E-state index in [0.717, 1.165) is 29.7 Å². The zero-order chi connectivity index (χ0) is 47.6. The van der Waals surface area contributed by atoms with Crippen molar-refractivity contribution < 1.29 is 38.2 Å². The number of amides is 6. The first-order valence-electron chi connectivity index (χ1n) is 22.7. The number of carbonyl (C=O) groups excluding carboxylic acids is 6. The van der Waals surface area contributed by atoms with Crippen LogP contribution in [0, 0.1) is 11.8 Å². The quantitative estimate of drug-likeness (QED) is 0.149. The standard InChI is InChI=1S/C50H67N7O8/c1-30(2)40(53-46(62)64-8)42(58)55-28-10-26-49(55,44(51)60)35-16-12-32(13-17-35)38-24-25-39(57(38)37-22-20-34(21-23-37)48(5,6)7)33-14-18-36(19-15-33)50(45(52)61)27-11-29-56(50)43(59)41(31(3)4)54-47(63)65-9/h12-23,30-31,38-41H,10-11,24-29H2,1-9H3,(H2,51,60)(H2,52,61)(H,53,62)(H,54,63)/t38-,39-,40-,41-,49-,50-/m0/s1. The Balaban J connectivity index is 1.35. The summed E-state index contributed by atoms with van der Waals surface area (Å²) in [6.07, 6.45) is 1.92. The first-order valence-corrected chi connectivity index (χ1v) is 22.7. The summed E-state index contributed by atoms with van der Waals surface area (Å²) in [4.78, 5) is 85.3. The van der Waals surface area contributed by atoms with Crippen molar-refractivity contribution in [3.05, 3.63) is 101 Å². The van der Waals surface area contributed by atoms with Crippen LogP contribution in [0.2, 0.25) is 0 Å². The molecule has 15 nitrogen and oxygen atoms in total. The molecule has 0 aromatic heterocycles. The van der Waals surface area contributed by atoms with E-state index in [1.54, 1.807) is 0 Å². The monoisotopic (exact) mass is 894 g/mol. The van der Waals surface area contributed by atoms with Gasteiger partial charge >= 0.3 is 12.2 Å². The molecule has 0 spiro atoms. The Morgan fingerprint density at radius 2 is 0.985 bits per heavy atom. The van der Waals surface area contributed by atoms with Crippen molar-refractivity contribution in [3.8, 4) is 0 Å². The number of nitrogens with two attached hydrogens (primary N) is 2. The third-order valence-corrected chi connectivity index (χ3v) is 13.9. The number of rotatable bonds is 13. The van der Waals surface area contributed by atoms with Gasteiger partial charge in [0, 0.05) is 18.8 Å². The largest absolute Gasteiger partial charge is 0.453 e. The van der Waals surface area contributed by atoms with Crippen LogP contribution in [-0.2, 0) is 45.1 Å². The van der Waals surface area contributed by atoms with Crippen LogP contribution in [-0.4, -0.2) is 85.0 Å². The van der Waals surface area contributed by atoms with E-state index in [0.29, 0.717) is 49.9 Å². The smallest absolute Gasteiger partial charge is 0.407 e. The Kier molecular flexibility index (Phi) is 14.2. The second kappa shape index (κ2) is 19.2. The van der Waals surface area contributed by atoms with E-state index in [1.807, 2.05) is 76.2 Å². The maximum atomic E-state index is 14.1. The maximum Gasteiger partial charge on any atom is 0.407 e. The molecular weight excluding hydrogens is 827 g/mol. The number of benzene rings is 3. The van der Waals surface area contributed by atoms with Crippen molar-refractivity contribution in [2.75, 3.05) is 32.2 Å². The van der Waals surface area contributed by atoms with Gasteiger partial charge in [0.2, 0.25) is 23.6 Å². The lowest BCUT2D eigenvalue weighted by molar-refractivity contribution is -0.146. The van der Waals surface area contributed by atoms with Crippen LogP contribution >= 0.6 is 0 Å². The van der Waals surface area contributed by atoms with E-state index < -0.39 is 59.0 Å². The van der Waals surface area contributed by atoms with E-state index in [2.05, 4.69) is 60.6 Å². The Bertz CT molecular complexity index is 2110. The minimum absolute atomic E-state index is 0.0547. The highest BCUT2D eigenvalue weighted by molar-refractivity contribution is 5.96. The van der Waals surface area contributed by atoms with Gasteiger partial charge in [-0.2, -0.15) is 0 Å². The summed E-state index contributed by atoms with van der Waals surface area (Å²) in [6, 6.07) is 22.3. The lowest BCUT2D eigenvalue weighted by Crippen LogP contribution is -2.59. The predicted octanol–water partition coefficient (Wildman–Crippen LogP) is 6.43. The Hall–Kier alpha value is -6.12. The van der Waals surface area contributed by atoms with Crippen molar-refractivity contribution in [2.24, 2.45) is 23.3 Å². The number of nitrogens with one attached hydrogen (secondary N) is 2. The van der Waals surface area contributed by atoms with Gasteiger partial charge in [0.25, 0.3) is 0 Å². The second-order valence-electron chi connectivity index (χ2n) is 19.4. The molecule has 0 unspecified atom stereocenters. The van der Waals surface area contributed by atoms with E-state index in [1.165, 1.54) is 29.6 Å². The molecule has 6 atom stereocenters. The summed E-state index contributed by atoms with van der Waals surface area (Å²) >= 11 is 0. The fraction of sp³-hybridized carbons (Fsp3) is 0.520. The van der Waals surface area contributed by atoms with Crippen LogP contribution in [0.1, 0.15) is 127 Å². The fourth-order valence-electron chi connectivity index (χ4n) is 10.3. The summed E-state index contributed by atoms with van der Waals surface area (Å²) in [5, 5.41) is 5.30. The minimum atomic E-state index is -1.40. The number of hydrogen-bond donors (Lipinski definition) is 4. The summed E-state index contributed by atoms with van der Waals surface area (Å²) < 4.78 is 9.61. The molecule has 0 bridgehead atoms. The Morgan fingerprint density at radius 3 is 1.29 bits per heavy atom. The van der Waals surface area contributed by atoms with Gasteiger partial charge in [0.15, 0.2) is 0 Å². The molecule has 0 radical (unpaired) electrons. The van der Waals surface area contributed by atoms with Crippen molar-refractivity contribution >= 4 is 41.5 Å². The van der Waals surface area contributed by atoms with Gasteiger partial charge in [-0.1, -0.05) is 109 Å². The Labute approximate surface area is 382 Å². The maximum absolute atomic E-state index is 14.1. The number of hydrogen-bond acceptors (Lipinski definition) is 9. The third kappa shape index (κ3) is 9.11. The second-order valence-corrected chi connectivity index (χ2v) is 19.4. The number of likely N-dealkylation sites (tertiary alicyclic amines) is 2. The molecule has 3 aromatic rings. The summed E-state index contributed by atoms with van der Waals surface area (Å²) in [5.41, 5.74) is 15.0. The number of carbonyl (C=O) groups is 6.